The number of anilines is 2. The highest BCUT2D eigenvalue weighted by Crippen LogP contribution is 2.45. The molecule has 1 fully saturated rings. The molecule has 1 aliphatic heterocycles. The minimum absolute atomic E-state index is 0.00328. The van der Waals surface area contributed by atoms with Gasteiger partial charge in [-0.05, 0) is 80.1 Å². The number of rotatable bonds is 4. The number of carbonyl (C=O) groups is 2. The maximum atomic E-state index is 13.8. The molecule has 6 nitrogen and oxygen atoms in total. The summed E-state index contributed by atoms with van der Waals surface area (Å²) in [4.78, 5) is 28.3. The van der Waals surface area contributed by atoms with Crippen LogP contribution >= 0.6 is 11.6 Å². The molecule has 0 saturated heterocycles. The number of halogens is 2. The van der Waals surface area contributed by atoms with Crippen LogP contribution in [0.15, 0.2) is 60.7 Å². The Bertz CT molecular complexity index is 1410. The second-order valence-corrected chi connectivity index (χ2v) is 10.0. The summed E-state index contributed by atoms with van der Waals surface area (Å²) in [6.07, 6.45) is 4.32. The molecule has 1 saturated carbocycles. The van der Waals surface area contributed by atoms with Crippen molar-refractivity contribution >= 4 is 40.5 Å². The van der Waals surface area contributed by atoms with Crippen molar-refractivity contribution in [3.8, 4) is 5.75 Å². The van der Waals surface area contributed by atoms with Crippen LogP contribution in [0.4, 0.5) is 15.8 Å². The van der Waals surface area contributed by atoms with Gasteiger partial charge in [0.2, 0.25) is 0 Å². The zero-order valence-electron chi connectivity index (χ0n) is 20.4. The summed E-state index contributed by atoms with van der Waals surface area (Å²) in [5.74, 6) is -1.05. The fraction of sp³-hybridized carbons (Fsp3) is 0.276. The molecule has 0 aromatic heterocycles. The third kappa shape index (κ3) is 4.71. The van der Waals surface area contributed by atoms with Gasteiger partial charge < -0.3 is 20.4 Å². The van der Waals surface area contributed by atoms with E-state index in [1.54, 1.807) is 23.1 Å². The van der Waals surface area contributed by atoms with Crippen LogP contribution in [0.5, 0.6) is 5.75 Å². The number of benzene rings is 3. The summed E-state index contributed by atoms with van der Waals surface area (Å²) in [6, 6.07) is 16.3. The normalized spacial score (nSPS) is 18.9. The molecule has 5 rings (SSSR count). The Morgan fingerprint density at radius 1 is 1.11 bits per heavy atom. The molecule has 0 radical (unpaired) electrons. The standard InChI is InChI=1S/C29H27ClFN3O3/c1-37-25-15-18(8-11-23(25)33-27(35)21-16-20(31)9-10-22(21)30)28(36)34-14-13-29(12-4-7-26(29)32)17-19-5-2-3-6-24(19)34/h2-3,5-6,8-11,15-16,32H,4,7,12-14,17H2,1H3,(H,33,35). The Hall–Kier alpha value is -3.71. The van der Waals surface area contributed by atoms with E-state index in [1.165, 1.54) is 19.2 Å². The van der Waals surface area contributed by atoms with Crippen molar-refractivity contribution in [1.29, 1.82) is 5.41 Å². The molecular formula is C29H27ClFN3O3. The number of amides is 2. The molecule has 2 N–H and O–H groups in total. The molecule has 8 heteroatoms. The molecule has 1 atom stereocenters. The molecule has 1 spiro atoms. The molecule has 2 aliphatic rings. The van der Waals surface area contributed by atoms with Crippen LogP contribution in [0.1, 0.15) is 52.0 Å². The number of hydrogen-bond acceptors (Lipinski definition) is 4. The van der Waals surface area contributed by atoms with Gasteiger partial charge in [0.1, 0.15) is 11.6 Å². The van der Waals surface area contributed by atoms with E-state index in [-0.39, 0.29) is 21.9 Å². The summed E-state index contributed by atoms with van der Waals surface area (Å²) in [7, 11) is 1.45. The highest BCUT2D eigenvalue weighted by atomic mass is 35.5. The zero-order valence-corrected chi connectivity index (χ0v) is 21.2. The number of nitrogens with one attached hydrogen (secondary N) is 2. The third-order valence-electron chi connectivity index (χ3n) is 7.46. The number of carbonyl (C=O) groups excluding carboxylic acids is 2. The maximum absolute atomic E-state index is 13.8. The molecular weight excluding hydrogens is 493 g/mol. The fourth-order valence-electron chi connectivity index (χ4n) is 5.47. The molecule has 2 amide bonds. The van der Waals surface area contributed by atoms with Crippen LogP contribution in [0.2, 0.25) is 5.02 Å². The smallest absolute Gasteiger partial charge is 0.258 e. The quantitative estimate of drug-likeness (QED) is 0.411. The minimum Gasteiger partial charge on any atom is -0.495 e. The van der Waals surface area contributed by atoms with Gasteiger partial charge in [0, 0.05) is 28.9 Å². The lowest BCUT2D eigenvalue weighted by Gasteiger charge is -2.28. The van der Waals surface area contributed by atoms with Crippen LogP contribution in [0.25, 0.3) is 0 Å². The molecule has 1 unspecified atom stereocenters. The van der Waals surface area contributed by atoms with E-state index in [9.17, 15) is 14.0 Å². The lowest BCUT2D eigenvalue weighted by Crippen LogP contribution is -2.34. The summed E-state index contributed by atoms with van der Waals surface area (Å²) in [6.45, 7) is 0.511. The molecule has 1 aliphatic carbocycles. The van der Waals surface area contributed by atoms with Crippen molar-refractivity contribution in [3.05, 3.63) is 88.2 Å². The number of nitrogens with zero attached hydrogens (tertiary/aromatic N) is 1. The van der Waals surface area contributed by atoms with E-state index in [2.05, 4.69) is 5.32 Å². The highest BCUT2D eigenvalue weighted by Gasteiger charge is 2.42. The average molecular weight is 520 g/mol. The van der Waals surface area contributed by atoms with Gasteiger partial charge in [-0.15, -0.1) is 0 Å². The topological polar surface area (TPSA) is 82.5 Å². The molecule has 190 valence electrons. The molecule has 3 aromatic carbocycles. The number of hydrogen-bond donors (Lipinski definition) is 2. The van der Waals surface area contributed by atoms with Crippen LogP contribution in [-0.4, -0.2) is 31.2 Å². The van der Waals surface area contributed by atoms with Crippen molar-refractivity contribution in [2.45, 2.75) is 32.1 Å². The van der Waals surface area contributed by atoms with Gasteiger partial charge in [-0.2, -0.15) is 0 Å². The largest absolute Gasteiger partial charge is 0.495 e. The number of fused-ring (bicyclic) bond motifs is 1. The first-order valence-corrected chi connectivity index (χ1v) is 12.6. The highest BCUT2D eigenvalue weighted by molar-refractivity contribution is 6.34. The Balaban J connectivity index is 1.43. The number of para-hydroxylation sites is 1. The first kappa shape index (κ1) is 25.0. The number of ether oxygens (including phenoxy) is 1. The summed E-state index contributed by atoms with van der Waals surface area (Å²) < 4.78 is 19.1. The second kappa shape index (κ2) is 9.98. The molecule has 37 heavy (non-hydrogen) atoms. The van der Waals surface area contributed by atoms with Crippen molar-refractivity contribution in [3.63, 3.8) is 0 Å². The van der Waals surface area contributed by atoms with Crippen molar-refractivity contribution in [2.24, 2.45) is 5.41 Å². The SMILES string of the molecule is COc1cc(C(=O)N2CCC3(CCCC3=N)Cc3ccccc32)ccc1NC(=O)c1cc(F)ccc1Cl. The third-order valence-corrected chi connectivity index (χ3v) is 7.79. The van der Waals surface area contributed by atoms with Crippen molar-refractivity contribution in [1.82, 2.24) is 0 Å². The van der Waals surface area contributed by atoms with Crippen LogP contribution in [-0.2, 0) is 6.42 Å². The molecule has 3 aromatic rings. The lowest BCUT2D eigenvalue weighted by atomic mass is 9.76. The zero-order chi connectivity index (χ0) is 26.2. The molecule has 1 heterocycles. The Labute approximate surface area is 219 Å². The van der Waals surface area contributed by atoms with E-state index in [4.69, 9.17) is 21.7 Å². The van der Waals surface area contributed by atoms with Crippen LogP contribution < -0.4 is 15.0 Å². The van der Waals surface area contributed by atoms with Gasteiger partial charge in [0.15, 0.2) is 0 Å². The van der Waals surface area contributed by atoms with Gasteiger partial charge in [-0.3, -0.25) is 9.59 Å². The number of methoxy groups -OCH3 is 1. The molecule has 0 bridgehead atoms. The van der Waals surface area contributed by atoms with Crippen LogP contribution in [0.3, 0.4) is 0 Å². The lowest BCUT2D eigenvalue weighted by molar-refractivity contribution is 0.0984. The van der Waals surface area contributed by atoms with E-state index < -0.39 is 11.7 Å². The van der Waals surface area contributed by atoms with Gasteiger partial charge in [0.05, 0.1) is 23.4 Å². The summed E-state index contributed by atoms with van der Waals surface area (Å²) in [5.41, 5.74) is 3.27. The van der Waals surface area contributed by atoms with E-state index >= 15 is 0 Å². The van der Waals surface area contributed by atoms with Gasteiger partial charge in [-0.25, -0.2) is 4.39 Å². The monoisotopic (exact) mass is 519 g/mol. The first-order valence-electron chi connectivity index (χ1n) is 12.2. The minimum atomic E-state index is -0.590. The fourth-order valence-corrected chi connectivity index (χ4v) is 5.67. The predicted molar refractivity (Wildman–Crippen MR) is 143 cm³/mol. The van der Waals surface area contributed by atoms with Crippen molar-refractivity contribution in [2.75, 3.05) is 23.9 Å². The van der Waals surface area contributed by atoms with Crippen LogP contribution in [0, 0.1) is 16.6 Å². The average Bonchev–Trinajstić information content (AvgIpc) is 3.15. The van der Waals surface area contributed by atoms with Gasteiger partial charge >= 0.3 is 0 Å². The first-order chi connectivity index (χ1) is 17.8. The maximum Gasteiger partial charge on any atom is 0.258 e. The predicted octanol–water partition coefficient (Wildman–Crippen LogP) is 6.52. The second-order valence-electron chi connectivity index (χ2n) is 9.62. The Morgan fingerprint density at radius 2 is 1.92 bits per heavy atom. The van der Waals surface area contributed by atoms with Crippen molar-refractivity contribution < 1.29 is 18.7 Å². The summed E-state index contributed by atoms with van der Waals surface area (Å²) >= 11 is 6.07. The Kier molecular flexibility index (Phi) is 6.73. The summed E-state index contributed by atoms with van der Waals surface area (Å²) in [5, 5.41) is 11.4. The Morgan fingerprint density at radius 3 is 2.68 bits per heavy atom. The van der Waals surface area contributed by atoms with E-state index in [1.807, 2.05) is 24.3 Å². The van der Waals surface area contributed by atoms with Gasteiger partial charge in [0.25, 0.3) is 11.8 Å². The van der Waals surface area contributed by atoms with Gasteiger partial charge in [-0.1, -0.05) is 29.8 Å². The van der Waals surface area contributed by atoms with E-state index in [0.717, 1.165) is 55.1 Å². The van der Waals surface area contributed by atoms with E-state index in [0.29, 0.717) is 23.5 Å².